The predicted octanol–water partition coefficient (Wildman–Crippen LogP) is 3.91. The van der Waals surface area contributed by atoms with Crippen molar-refractivity contribution in [3.63, 3.8) is 0 Å². The van der Waals surface area contributed by atoms with Gasteiger partial charge in [-0.2, -0.15) is 0 Å². The summed E-state index contributed by atoms with van der Waals surface area (Å²) < 4.78 is 0. The predicted molar refractivity (Wildman–Crippen MR) is 81.6 cm³/mol. The molecule has 20 heavy (non-hydrogen) atoms. The smallest absolute Gasteiger partial charge is 0.259 e. The van der Waals surface area contributed by atoms with E-state index in [0.29, 0.717) is 15.8 Å². The summed E-state index contributed by atoms with van der Waals surface area (Å²) in [5.74, 6) is -0.236. The molecule has 0 aliphatic heterocycles. The summed E-state index contributed by atoms with van der Waals surface area (Å²) in [5, 5.41) is 5.28. The van der Waals surface area contributed by atoms with Gasteiger partial charge in [0.05, 0.1) is 5.56 Å². The van der Waals surface area contributed by atoms with Crippen LogP contribution in [0.3, 0.4) is 0 Å². The summed E-state index contributed by atoms with van der Waals surface area (Å²) in [6.07, 6.45) is 3.21. The van der Waals surface area contributed by atoms with Crippen LogP contribution in [0.25, 0.3) is 10.8 Å². The van der Waals surface area contributed by atoms with Crippen molar-refractivity contribution in [3.8, 4) is 0 Å². The Morgan fingerprint density at radius 1 is 1.20 bits per heavy atom. The van der Waals surface area contributed by atoms with Crippen molar-refractivity contribution >= 4 is 44.7 Å². The highest BCUT2D eigenvalue weighted by atomic mass is 35.5. The Morgan fingerprint density at radius 2 is 1.95 bits per heavy atom. The van der Waals surface area contributed by atoms with Gasteiger partial charge in [0.15, 0.2) is 5.13 Å². The molecule has 0 spiro atoms. The van der Waals surface area contributed by atoms with E-state index in [1.54, 1.807) is 6.20 Å². The summed E-state index contributed by atoms with van der Waals surface area (Å²) in [6.45, 7) is 1.94. The highest BCUT2D eigenvalue weighted by molar-refractivity contribution is 7.15. The zero-order chi connectivity index (χ0) is 14.1. The fourth-order valence-corrected chi connectivity index (χ4v) is 2.79. The van der Waals surface area contributed by atoms with Gasteiger partial charge in [0, 0.05) is 22.7 Å². The van der Waals surface area contributed by atoms with Crippen LogP contribution in [-0.2, 0) is 0 Å². The molecule has 0 radical (unpaired) electrons. The fraction of sp³-hybridized carbons (Fsp3) is 0.0714. The molecular weight excluding hydrogens is 294 g/mol. The van der Waals surface area contributed by atoms with E-state index in [2.05, 4.69) is 15.3 Å². The van der Waals surface area contributed by atoms with Crippen LogP contribution >= 0.6 is 22.9 Å². The highest BCUT2D eigenvalue weighted by Gasteiger charge is 2.14. The van der Waals surface area contributed by atoms with Crippen molar-refractivity contribution in [2.45, 2.75) is 6.92 Å². The van der Waals surface area contributed by atoms with E-state index >= 15 is 0 Å². The number of aromatic nitrogens is 2. The van der Waals surface area contributed by atoms with Crippen LogP contribution in [-0.4, -0.2) is 15.9 Å². The van der Waals surface area contributed by atoms with Gasteiger partial charge in [-0.05, 0) is 12.3 Å². The molecule has 100 valence electrons. The van der Waals surface area contributed by atoms with Crippen molar-refractivity contribution in [2.75, 3.05) is 5.32 Å². The number of anilines is 1. The maximum atomic E-state index is 12.3. The van der Waals surface area contributed by atoms with Crippen LogP contribution < -0.4 is 5.32 Å². The Hall–Kier alpha value is -1.98. The van der Waals surface area contributed by atoms with Gasteiger partial charge in [0.1, 0.15) is 5.15 Å². The molecule has 0 fully saturated rings. The number of rotatable bonds is 2. The summed E-state index contributed by atoms with van der Waals surface area (Å²) in [7, 11) is 0. The van der Waals surface area contributed by atoms with Gasteiger partial charge in [-0.3, -0.25) is 10.1 Å². The van der Waals surface area contributed by atoms with Crippen LogP contribution in [0.5, 0.6) is 0 Å². The van der Waals surface area contributed by atoms with E-state index in [9.17, 15) is 4.79 Å². The minimum atomic E-state index is -0.236. The van der Waals surface area contributed by atoms with Crippen molar-refractivity contribution in [3.05, 3.63) is 52.3 Å². The molecule has 0 aliphatic carbocycles. The molecule has 3 rings (SSSR count). The number of nitrogens with one attached hydrogen (secondary N) is 1. The van der Waals surface area contributed by atoms with E-state index in [0.717, 1.165) is 15.6 Å². The first-order valence-electron chi connectivity index (χ1n) is 5.92. The molecule has 0 atom stereocenters. The largest absolute Gasteiger partial charge is 0.298 e. The number of halogens is 1. The molecule has 1 aromatic carbocycles. The number of amides is 1. The zero-order valence-corrected chi connectivity index (χ0v) is 12.1. The average Bonchev–Trinajstić information content (AvgIpc) is 2.84. The van der Waals surface area contributed by atoms with Gasteiger partial charge in [-0.15, -0.1) is 11.3 Å². The zero-order valence-electron chi connectivity index (χ0n) is 10.6. The monoisotopic (exact) mass is 303 g/mol. The van der Waals surface area contributed by atoms with E-state index < -0.39 is 0 Å². The summed E-state index contributed by atoms with van der Waals surface area (Å²) in [5.41, 5.74) is 0.484. The van der Waals surface area contributed by atoms with Gasteiger partial charge in [0.2, 0.25) is 0 Å². The normalized spacial score (nSPS) is 10.7. The van der Waals surface area contributed by atoms with Crippen LogP contribution in [0.1, 0.15) is 15.2 Å². The lowest BCUT2D eigenvalue weighted by molar-refractivity contribution is 0.102. The summed E-state index contributed by atoms with van der Waals surface area (Å²) in [6, 6.07) is 7.42. The average molecular weight is 304 g/mol. The maximum Gasteiger partial charge on any atom is 0.259 e. The second-order valence-corrected chi connectivity index (χ2v) is 5.83. The second kappa shape index (κ2) is 5.19. The number of thiazole rings is 1. The number of hydrogen-bond acceptors (Lipinski definition) is 4. The number of nitrogens with zero attached hydrogens (tertiary/aromatic N) is 2. The van der Waals surface area contributed by atoms with Crippen LogP contribution in [0.4, 0.5) is 5.13 Å². The standard InChI is InChI=1S/C14H10ClN3OS/c1-8-6-17-14(20-8)18-13(19)11-7-16-12(15)10-5-3-2-4-9(10)11/h2-7H,1H3,(H,17,18,19). The molecule has 3 aromatic rings. The maximum absolute atomic E-state index is 12.3. The molecule has 0 unspecified atom stereocenters. The quantitative estimate of drug-likeness (QED) is 0.730. The number of hydrogen-bond donors (Lipinski definition) is 1. The number of aryl methyl sites for hydroxylation is 1. The highest BCUT2D eigenvalue weighted by Crippen LogP contribution is 2.25. The molecule has 2 heterocycles. The number of fused-ring (bicyclic) bond motifs is 1. The Labute approximate surface area is 124 Å². The summed E-state index contributed by atoms with van der Waals surface area (Å²) in [4.78, 5) is 21.5. The lowest BCUT2D eigenvalue weighted by Gasteiger charge is -2.06. The van der Waals surface area contributed by atoms with Crippen molar-refractivity contribution in [2.24, 2.45) is 0 Å². The number of benzene rings is 1. The van der Waals surface area contributed by atoms with Gasteiger partial charge in [-0.25, -0.2) is 9.97 Å². The van der Waals surface area contributed by atoms with Gasteiger partial charge >= 0.3 is 0 Å². The first-order chi connectivity index (χ1) is 9.65. The SMILES string of the molecule is Cc1cnc(NC(=O)c2cnc(Cl)c3ccccc23)s1. The lowest BCUT2D eigenvalue weighted by atomic mass is 10.1. The third kappa shape index (κ3) is 2.37. The Balaban J connectivity index is 2.01. The number of carbonyl (C=O) groups is 1. The van der Waals surface area contributed by atoms with Crippen molar-refractivity contribution < 1.29 is 4.79 Å². The fourth-order valence-electron chi connectivity index (χ4n) is 1.92. The molecule has 0 saturated heterocycles. The molecule has 1 N–H and O–H groups in total. The third-order valence-corrected chi connectivity index (χ3v) is 3.96. The third-order valence-electron chi connectivity index (χ3n) is 2.83. The molecule has 2 aromatic heterocycles. The Bertz CT molecular complexity index is 800. The molecule has 4 nitrogen and oxygen atoms in total. The molecular formula is C14H10ClN3OS. The Kier molecular flexibility index (Phi) is 3.38. The first-order valence-corrected chi connectivity index (χ1v) is 7.11. The van der Waals surface area contributed by atoms with E-state index in [4.69, 9.17) is 11.6 Å². The van der Waals surface area contributed by atoms with Crippen molar-refractivity contribution in [1.82, 2.24) is 9.97 Å². The first kappa shape index (κ1) is 13.0. The molecule has 0 bridgehead atoms. The van der Waals surface area contributed by atoms with Crippen LogP contribution in [0.15, 0.2) is 36.7 Å². The molecule has 1 amide bonds. The summed E-state index contributed by atoms with van der Waals surface area (Å²) >= 11 is 7.47. The minimum absolute atomic E-state index is 0.236. The minimum Gasteiger partial charge on any atom is -0.298 e. The van der Waals surface area contributed by atoms with Crippen LogP contribution in [0, 0.1) is 6.92 Å². The number of pyridine rings is 1. The van der Waals surface area contributed by atoms with Crippen molar-refractivity contribution in [1.29, 1.82) is 0 Å². The molecule has 0 aliphatic rings. The second-order valence-electron chi connectivity index (χ2n) is 4.24. The van der Waals surface area contributed by atoms with E-state index in [-0.39, 0.29) is 5.91 Å². The van der Waals surface area contributed by atoms with E-state index in [1.807, 2.05) is 31.2 Å². The van der Waals surface area contributed by atoms with Gasteiger partial charge in [0.25, 0.3) is 5.91 Å². The molecule has 0 saturated carbocycles. The Morgan fingerprint density at radius 3 is 2.65 bits per heavy atom. The van der Waals surface area contributed by atoms with Gasteiger partial charge < -0.3 is 0 Å². The van der Waals surface area contributed by atoms with E-state index in [1.165, 1.54) is 17.5 Å². The van der Waals surface area contributed by atoms with Gasteiger partial charge in [-0.1, -0.05) is 35.9 Å². The number of carbonyl (C=O) groups excluding carboxylic acids is 1. The topological polar surface area (TPSA) is 54.9 Å². The molecule has 6 heteroatoms. The lowest BCUT2D eigenvalue weighted by Crippen LogP contribution is -2.12. The van der Waals surface area contributed by atoms with Crippen LogP contribution in [0.2, 0.25) is 5.15 Å².